The van der Waals surface area contributed by atoms with E-state index in [0.717, 1.165) is 14.9 Å². The van der Waals surface area contributed by atoms with Crippen molar-refractivity contribution >= 4 is 29.1 Å². The maximum absolute atomic E-state index is 11.1. The first-order chi connectivity index (χ1) is 9.10. The molecule has 0 saturated carbocycles. The Balaban J connectivity index is 2.12. The monoisotopic (exact) mass is 296 g/mol. The van der Waals surface area contributed by atoms with Gasteiger partial charge in [-0.25, -0.2) is 4.79 Å². The Morgan fingerprint density at radius 3 is 2.84 bits per heavy atom. The number of carboxylic acid groups (broad SMARTS) is 1. The van der Waals surface area contributed by atoms with E-state index < -0.39 is 5.97 Å². The summed E-state index contributed by atoms with van der Waals surface area (Å²) >= 11 is 3.06. The lowest BCUT2D eigenvalue weighted by Crippen LogP contribution is -2.01. The molecule has 5 nitrogen and oxygen atoms in total. The molecule has 0 saturated heterocycles. The molecule has 100 valence electrons. The molecule has 0 aliphatic carbocycles. The molecular weight excluding hydrogens is 284 g/mol. The van der Waals surface area contributed by atoms with Gasteiger partial charge in [0.15, 0.2) is 4.34 Å². The van der Waals surface area contributed by atoms with Crippen LogP contribution >= 0.6 is 23.1 Å². The number of hydrogen-bond donors (Lipinski definition) is 1. The Morgan fingerprint density at radius 2 is 2.26 bits per heavy atom. The average Bonchev–Trinajstić information content (AvgIpc) is 2.81. The first kappa shape index (κ1) is 13.8. The molecule has 0 amide bonds. The lowest BCUT2D eigenvalue weighted by atomic mass is 10.1. The van der Waals surface area contributed by atoms with E-state index in [2.05, 4.69) is 10.2 Å². The van der Waals surface area contributed by atoms with E-state index in [0.29, 0.717) is 11.5 Å². The zero-order valence-corrected chi connectivity index (χ0v) is 12.0. The standard InChI is InChI=1S/C12H12N2O3S2/c1-7-13-14-12(19-7)18-6-8-3-4-10(17-2)9(5-8)11(15)16/h3-5H,6H2,1-2H3,(H,15,16). The van der Waals surface area contributed by atoms with Crippen molar-refractivity contribution in [3.8, 4) is 5.75 Å². The normalized spacial score (nSPS) is 10.4. The Hall–Kier alpha value is -1.60. The van der Waals surface area contributed by atoms with Crippen LogP contribution in [0.2, 0.25) is 0 Å². The number of carbonyl (C=O) groups is 1. The maximum Gasteiger partial charge on any atom is 0.339 e. The first-order valence-corrected chi connectivity index (χ1v) is 7.23. The molecule has 2 aromatic rings. The highest BCUT2D eigenvalue weighted by molar-refractivity contribution is 8.00. The molecule has 0 unspecified atom stereocenters. The second-order valence-electron chi connectivity index (χ2n) is 3.72. The predicted molar refractivity (Wildman–Crippen MR) is 74.2 cm³/mol. The molecule has 0 atom stereocenters. The van der Waals surface area contributed by atoms with Crippen LogP contribution in [0.5, 0.6) is 5.75 Å². The smallest absolute Gasteiger partial charge is 0.339 e. The molecular formula is C12H12N2O3S2. The van der Waals surface area contributed by atoms with E-state index in [1.54, 1.807) is 12.1 Å². The fraction of sp³-hybridized carbons (Fsp3) is 0.250. The molecule has 2 rings (SSSR count). The van der Waals surface area contributed by atoms with Crippen LogP contribution < -0.4 is 4.74 Å². The van der Waals surface area contributed by atoms with Crippen LogP contribution in [0.1, 0.15) is 20.9 Å². The number of carboxylic acids is 1. The van der Waals surface area contributed by atoms with Gasteiger partial charge in [0.05, 0.1) is 7.11 Å². The molecule has 19 heavy (non-hydrogen) atoms. The van der Waals surface area contributed by atoms with Gasteiger partial charge >= 0.3 is 5.97 Å². The van der Waals surface area contributed by atoms with E-state index in [-0.39, 0.29) is 5.56 Å². The summed E-state index contributed by atoms with van der Waals surface area (Å²) in [5.74, 6) is 0.0299. The van der Waals surface area contributed by atoms with Crippen molar-refractivity contribution in [2.75, 3.05) is 7.11 Å². The maximum atomic E-state index is 11.1. The number of benzene rings is 1. The van der Waals surface area contributed by atoms with Crippen LogP contribution in [0.15, 0.2) is 22.5 Å². The molecule has 0 spiro atoms. The number of ether oxygens (including phenoxy) is 1. The SMILES string of the molecule is COc1ccc(CSc2nnc(C)s2)cc1C(=O)O. The summed E-state index contributed by atoms with van der Waals surface area (Å²) in [5.41, 5.74) is 1.09. The molecule has 0 aliphatic rings. The number of methoxy groups -OCH3 is 1. The third kappa shape index (κ3) is 3.45. The van der Waals surface area contributed by atoms with Crippen LogP contribution in [0.25, 0.3) is 0 Å². The number of aromatic nitrogens is 2. The highest BCUT2D eigenvalue weighted by Gasteiger charge is 2.12. The van der Waals surface area contributed by atoms with Gasteiger partial charge in [0.2, 0.25) is 0 Å². The van der Waals surface area contributed by atoms with Gasteiger partial charge in [0.1, 0.15) is 16.3 Å². The first-order valence-electron chi connectivity index (χ1n) is 5.43. The molecule has 1 heterocycles. The minimum atomic E-state index is -0.990. The Labute approximate surface area is 118 Å². The van der Waals surface area contributed by atoms with E-state index in [1.807, 2.05) is 13.0 Å². The summed E-state index contributed by atoms with van der Waals surface area (Å²) in [4.78, 5) is 11.1. The van der Waals surface area contributed by atoms with Gasteiger partial charge in [0.25, 0.3) is 0 Å². The molecule has 1 N–H and O–H groups in total. The summed E-state index contributed by atoms with van der Waals surface area (Å²) in [6.45, 7) is 1.90. The molecule has 0 bridgehead atoms. The average molecular weight is 296 g/mol. The van der Waals surface area contributed by atoms with Gasteiger partial charge in [-0.2, -0.15) is 0 Å². The predicted octanol–water partition coefficient (Wildman–Crippen LogP) is 2.85. The minimum Gasteiger partial charge on any atom is -0.496 e. The van der Waals surface area contributed by atoms with Crippen molar-refractivity contribution in [1.82, 2.24) is 10.2 Å². The van der Waals surface area contributed by atoms with Gasteiger partial charge in [-0.1, -0.05) is 29.2 Å². The minimum absolute atomic E-state index is 0.175. The lowest BCUT2D eigenvalue weighted by Gasteiger charge is -2.06. The van der Waals surface area contributed by atoms with Gasteiger partial charge in [-0.15, -0.1) is 10.2 Å². The third-order valence-electron chi connectivity index (χ3n) is 2.36. The van der Waals surface area contributed by atoms with Crippen molar-refractivity contribution < 1.29 is 14.6 Å². The van der Waals surface area contributed by atoms with Crippen LogP contribution in [0.4, 0.5) is 0 Å². The summed E-state index contributed by atoms with van der Waals surface area (Å²) in [6.07, 6.45) is 0. The second-order valence-corrected chi connectivity index (χ2v) is 6.12. The van der Waals surface area contributed by atoms with Crippen molar-refractivity contribution in [2.24, 2.45) is 0 Å². The van der Waals surface area contributed by atoms with Crippen molar-refractivity contribution in [3.05, 3.63) is 34.3 Å². The van der Waals surface area contributed by atoms with Crippen LogP contribution in [0.3, 0.4) is 0 Å². The van der Waals surface area contributed by atoms with E-state index in [4.69, 9.17) is 9.84 Å². The summed E-state index contributed by atoms with van der Waals surface area (Å²) < 4.78 is 5.90. The third-order valence-corrected chi connectivity index (χ3v) is 4.41. The van der Waals surface area contributed by atoms with Gasteiger partial charge < -0.3 is 9.84 Å². The Kier molecular flexibility index (Phi) is 4.39. The molecule has 7 heteroatoms. The zero-order chi connectivity index (χ0) is 13.8. The van der Waals surface area contributed by atoms with Gasteiger partial charge in [-0.3, -0.25) is 0 Å². The zero-order valence-electron chi connectivity index (χ0n) is 10.4. The summed E-state index contributed by atoms with van der Waals surface area (Å²) in [5, 5.41) is 18.0. The van der Waals surface area contributed by atoms with Crippen molar-refractivity contribution in [2.45, 2.75) is 17.0 Å². The second kappa shape index (κ2) is 6.03. The van der Waals surface area contributed by atoms with E-state index in [9.17, 15) is 4.79 Å². The number of aryl methyl sites for hydroxylation is 1. The number of hydrogen-bond acceptors (Lipinski definition) is 6. The van der Waals surface area contributed by atoms with Crippen LogP contribution in [0, 0.1) is 6.92 Å². The Bertz CT molecular complexity index is 598. The highest BCUT2D eigenvalue weighted by Crippen LogP contribution is 2.28. The molecule has 0 aliphatic heterocycles. The van der Waals surface area contributed by atoms with Gasteiger partial charge in [0, 0.05) is 5.75 Å². The number of nitrogens with zero attached hydrogens (tertiary/aromatic N) is 2. The fourth-order valence-corrected chi connectivity index (χ4v) is 3.25. The van der Waals surface area contributed by atoms with E-state index in [1.165, 1.54) is 30.2 Å². The molecule has 1 aromatic carbocycles. The van der Waals surface area contributed by atoms with E-state index >= 15 is 0 Å². The summed E-state index contributed by atoms with van der Waals surface area (Å²) in [7, 11) is 1.46. The molecule has 0 fully saturated rings. The highest BCUT2D eigenvalue weighted by atomic mass is 32.2. The number of aromatic carboxylic acids is 1. The number of rotatable bonds is 5. The lowest BCUT2D eigenvalue weighted by molar-refractivity contribution is 0.0693. The molecule has 1 aromatic heterocycles. The topological polar surface area (TPSA) is 72.3 Å². The summed E-state index contributed by atoms with van der Waals surface area (Å²) in [6, 6.07) is 5.15. The number of thioether (sulfide) groups is 1. The largest absolute Gasteiger partial charge is 0.496 e. The Morgan fingerprint density at radius 1 is 1.47 bits per heavy atom. The quantitative estimate of drug-likeness (QED) is 0.855. The van der Waals surface area contributed by atoms with Crippen molar-refractivity contribution in [3.63, 3.8) is 0 Å². The fourth-order valence-electron chi connectivity index (χ4n) is 1.49. The van der Waals surface area contributed by atoms with Gasteiger partial charge in [-0.05, 0) is 24.6 Å². The van der Waals surface area contributed by atoms with Crippen molar-refractivity contribution in [1.29, 1.82) is 0 Å². The van der Waals surface area contributed by atoms with Crippen LogP contribution in [-0.2, 0) is 5.75 Å². The van der Waals surface area contributed by atoms with Crippen LogP contribution in [-0.4, -0.2) is 28.4 Å². The molecule has 0 radical (unpaired) electrons.